The summed E-state index contributed by atoms with van der Waals surface area (Å²) in [6, 6.07) is 6.19. The normalized spacial score (nSPS) is 11.9. The van der Waals surface area contributed by atoms with Gasteiger partial charge < -0.3 is 16.2 Å². The van der Waals surface area contributed by atoms with Crippen molar-refractivity contribution in [3.8, 4) is 5.75 Å². The highest BCUT2D eigenvalue weighted by atomic mass is 19.1. The number of halogens is 1. The molecule has 4 N–H and O–H groups in total. The maximum atomic E-state index is 13.1. The summed E-state index contributed by atoms with van der Waals surface area (Å²) >= 11 is 0. The number of hydrogen-bond acceptors (Lipinski definition) is 2. The Hall–Kier alpha value is -1.78. The molecule has 15 heavy (non-hydrogen) atoms. The van der Waals surface area contributed by atoms with Gasteiger partial charge in [-0.15, -0.1) is 0 Å². The van der Waals surface area contributed by atoms with Crippen molar-refractivity contribution in [3.05, 3.63) is 30.1 Å². The van der Waals surface area contributed by atoms with Crippen LogP contribution in [0.4, 0.5) is 4.39 Å². The van der Waals surface area contributed by atoms with Crippen LogP contribution in [0, 0.1) is 5.82 Å². The third kappa shape index (κ3) is 3.84. The van der Waals surface area contributed by atoms with Gasteiger partial charge in [0.25, 0.3) is 0 Å². The van der Waals surface area contributed by atoms with Crippen LogP contribution in [0.15, 0.2) is 29.3 Å². The first-order valence-corrected chi connectivity index (χ1v) is 4.56. The summed E-state index contributed by atoms with van der Waals surface area (Å²) in [7, 11) is 0. The molecule has 0 amide bonds. The van der Waals surface area contributed by atoms with Crippen LogP contribution >= 0.6 is 0 Å². The van der Waals surface area contributed by atoms with E-state index >= 15 is 0 Å². The third-order valence-electron chi connectivity index (χ3n) is 1.70. The zero-order valence-electron chi connectivity index (χ0n) is 8.48. The molecule has 0 saturated carbocycles. The minimum atomic E-state index is -0.394. The third-order valence-corrected chi connectivity index (χ3v) is 1.70. The fourth-order valence-corrected chi connectivity index (χ4v) is 1.03. The van der Waals surface area contributed by atoms with Gasteiger partial charge in [-0.2, -0.15) is 0 Å². The van der Waals surface area contributed by atoms with E-state index in [4.69, 9.17) is 16.2 Å². The highest BCUT2D eigenvalue weighted by Gasteiger charge is 2.06. The molecule has 0 fully saturated rings. The Kier molecular flexibility index (Phi) is 3.91. The fraction of sp³-hybridized carbons (Fsp3) is 0.300. The number of nitrogens with two attached hydrogens (primary N) is 2. The number of para-hydroxylation sites is 1. The molecule has 1 aromatic rings. The lowest BCUT2D eigenvalue weighted by molar-refractivity contribution is 0.220. The Morgan fingerprint density at radius 2 is 2.13 bits per heavy atom. The molecular weight excluding hydrogens is 197 g/mol. The average molecular weight is 211 g/mol. The van der Waals surface area contributed by atoms with Gasteiger partial charge in [-0.1, -0.05) is 12.1 Å². The van der Waals surface area contributed by atoms with Crippen molar-refractivity contribution in [1.82, 2.24) is 0 Å². The molecule has 0 heterocycles. The summed E-state index contributed by atoms with van der Waals surface area (Å²) in [5.74, 6) is -0.191. The predicted octanol–water partition coefficient (Wildman–Crippen LogP) is 0.866. The van der Waals surface area contributed by atoms with E-state index in [1.54, 1.807) is 25.1 Å². The summed E-state index contributed by atoms with van der Waals surface area (Å²) < 4.78 is 18.4. The van der Waals surface area contributed by atoms with Crippen LogP contribution in [0.25, 0.3) is 0 Å². The molecule has 1 aromatic carbocycles. The molecular formula is C10H14FN3O. The largest absolute Gasteiger partial charge is 0.486 e. The highest BCUT2D eigenvalue weighted by molar-refractivity contribution is 5.75. The van der Waals surface area contributed by atoms with Gasteiger partial charge in [-0.05, 0) is 19.1 Å². The van der Waals surface area contributed by atoms with E-state index in [1.165, 1.54) is 6.07 Å². The van der Waals surface area contributed by atoms with Crippen molar-refractivity contribution in [1.29, 1.82) is 0 Å². The van der Waals surface area contributed by atoms with E-state index < -0.39 is 5.82 Å². The maximum absolute atomic E-state index is 13.1. The summed E-state index contributed by atoms with van der Waals surface area (Å²) in [6.07, 6.45) is -0.274. The fourth-order valence-electron chi connectivity index (χ4n) is 1.03. The molecule has 0 saturated heterocycles. The van der Waals surface area contributed by atoms with E-state index in [9.17, 15) is 4.39 Å². The number of benzene rings is 1. The SMILES string of the molecule is CC(CN=C(N)N)Oc1ccccc1F. The Labute approximate surface area is 87.7 Å². The van der Waals surface area contributed by atoms with Crippen molar-refractivity contribution in [2.24, 2.45) is 16.5 Å². The second-order valence-electron chi connectivity index (χ2n) is 3.12. The zero-order valence-corrected chi connectivity index (χ0v) is 8.48. The minimum absolute atomic E-state index is 0.000941. The van der Waals surface area contributed by atoms with Gasteiger partial charge in [0, 0.05) is 0 Å². The van der Waals surface area contributed by atoms with E-state index in [0.717, 1.165) is 0 Å². The first kappa shape index (κ1) is 11.3. The lowest BCUT2D eigenvalue weighted by atomic mass is 10.3. The Balaban J connectivity index is 2.55. The van der Waals surface area contributed by atoms with Crippen molar-refractivity contribution in [3.63, 3.8) is 0 Å². The summed E-state index contributed by atoms with van der Waals surface area (Å²) in [4.78, 5) is 3.78. The molecule has 0 radical (unpaired) electrons. The second kappa shape index (κ2) is 5.19. The average Bonchev–Trinajstić information content (AvgIpc) is 2.18. The van der Waals surface area contributed by atoms with Crippen LogP contribution < -0.4 is 16.2 Å². The molecule has 1 unspecified atom stereocenters. The quantitative estimate of drug-likeness (QED) is 0.573. The molecule has 0 aromatic heterocycles. The molecule has 0 aliphatic carbocycles. The van der Waals surface area contributed by atoms with Gasteiger partial charge in [-0.25, -0.2) is 9.38 Å². The van der Waals surface area contributed by atoms with Gasteiger partial charge in [0.1, 0.15) is 6.10 Å². The zero-order chi connectivity index (χ0) is 11.3. The molecule has 1 rings (SSSR count). The molecule has 1 atom stereocenters. The van der Waals surface area contributed by atoms with Crippen LogP contribution in [-0.2, 0) is 0 Å². The van der Waals surface area contributed by atoms with Crippen molar-refractivity contribution < 1.29 is 9.13 Å². The molecule has 0 bridgehead atoms. The van der Waals surface area contributed by atoms with Gasteiger partial charge in [-0.3, -0.25) is 0 Å². The van der Waals surface area contributed by atoms with Crippen LogP contribution in [0.3, 0.4) is 0 Å². The van der Waals surface area contributed by atoms with Crippen LogP contribution in [0.5, 0.6) is 5.75 Å². The number of guanidine groups is 1. The highest BCUT2D eigenvalue weighted by Crippen LogP contribution is 2.16. The molecule has 0 spiro atoms. The van der Waals surface area contributed by atoms with Gasteiger partial charge >= 0.3 is 0 Å². The molecule has 0 aliphatic rings. The molecule has 4 nitrogen and oxygen atoms in total. The predicted molar refractivity (Wildman–Crippen MR) is 57.2 cm³/mol. The number of rotatable bonds is 4. The smallest absolute Gasteiger partial charge is 0.186 e. The summed E-state index contributed by atoms with van der Waals surface area (Å²) in [5, 5.41) is 0. The molecule has 5 heteroatoms. The van der Waals surface area contributed by atoms with E-state index in [1.807, 2.05) is 0 Å². The number of nitrogens with zero attached hydrogens (tertiary/aromatic N) is 1. The van der Waals surface area contributed by atoms with Crippen LogP contribution in [0.2, 0.25) is 0 Å². The lowest BCUT2D eigenvalue weighted by Crippen LogP contribution is -2.26. The number of aliphatic imine (C=N–C) groups is 1. The van der Waals surface area contributed by atoms with Crippen molar-refractivity contribution in [2.45, 2.75) is 13.0 Å². The number of hydrogen-bond donors (Lipinski definition) is 2. The van der Waals surface area contributed by atoms with E-state index in [2.05, 4.69) is 4.99 Å². The Bertz CT molecular complexity index is 350. The first-order chi connectivity index (χ1) is 7.09. The van der Waals surface area contributed by atoms with Crippen LogP contribution in [0.1, 0.15) is 6.92 Å². The lowest BCUT2D eigenvalue weighted by Gasteiger charge is -2.12. The number of ether oxygens (including phenoxy) is 1. The first-order valence-electron chi connectivity index (χ1n) is 4.56. The topological polar surface area (TPSA) is 73.6 Å². The monoisotopic (exact) mass is 211 g/mol. The molecule has 0 aliphatic heterocycles. The van der Waals surface area contributed by atoms with Crippen molar-refractivity contribution >= 4 is 5.96 Å². The molecule has 82 valence electrons. The van der Waals surface area contributed by atoms with Crippen molar-refractivity contribution in [2.75, 3.05) is 6.54 Å². The van der Waals surface area contributed by atoms with Gasteiger partial charge in [0.05, 0.1) is 6.54 Å². The van der Waals surface area contributed by atoms with Crippen LogP contribution in [-0.4, -0.2) is 18.6 Å². The van der Waals surface area contributed by atoms with E-state index in [-0.39, 0.29) is 17.8 Å². The van der Waals surface area contributed by atoms with Gasteiger partial charge in [0.2, 0.25) is 0 Å². The minimum Gasteiger partial charge on any atom is -0.486 e. The Morgan fingerprint density at radius 1 is 1.47 bits per heavy atom. The van der Waals surface area contributed by atoms with E-state index in [0.29, 0.717) is 6.54 Å². The second-order valence-corrected chi connectivity index (χ2v) is 3.12. The summed E-state index contributed by atoms with van der Waals surface area (Å²) in [5.41, 5.74) is 10.3. The maximum Gasteiger partial charge on any atom is 0.186 e. The Morgan fingerprint density at radius 3 is 2.73 bits per heavy atom. The standard InChI is InChI=1S/C10H14FN3O/c1-7(6-14-10(12)13)15-9-5-3-2-4-8(9)11/h2-5,7H,6H2,1H3,(H4,12,13,14). The summed E-state index contributed by atoms with van der Waals surface area (Å²) in [6.45, 7) is 2.07. The van der Waals surface area contributed by atoms with Gasteiger partial charge in [0.15, 0.2) is 17.5 Å².